The second kappa shape index (κ2) is 11.6. The summed E-state index contributed by atoms with van der Waals surface area (Å²) in [5.41, 5.74) is 0.509. The van der Waals surface area contributed by atoms with Gasteiger partial charge in [-0.25, -0.2) is 9.18 Å². The molecule has 202 valence electrons. The molecule has 0 bridgehead atoms. The van der Waals surface area contributed by atoms with Crippen molar-refractivity contribution in [1.29, 1.82) is 0 Å². The Labute approximate surface area is 217 Å². The van der Waals surface area contributed by atoms with Gasteiger partial charge in [0.25, 0.3) is 5.69 Å². The lowest BCUT2D eigenvalue weighted by atomic mass is 10.1. The van der Waals surface area contributed by atoms with Gasteiger partial charge in [-0.3, -0.25) is 10.1 Å². The van der Waals surface area contributed by atoms with Crippen molar-refractivity contribution >= 4 is 20.1 Å². The fraction of sp³-hybridized carbons (Fsp3) is 0.500. The fourth-order valence-corrected chi connectivity index (χ4v) is 4.91. The molecule has 0 N–H and O–H groups in total. The van der Waals surface area contributed by atoms with Crippen molar-refractivity contribution in [2.75, 3.05) is 20.3 Å². The summed E-state index contributed by atoms with van der Waals surface area (Å²) < 4.78 is 38.6. The molecule has 0 saturated carbocycles. The number of nitrogens with zero attached hydrogens (tertiary/aromatic N) is 2. The van der Waals surface area contributed by atoms with Crippen molar-refractivity contribution in [1.82, 2.24) is 4.90 Å². The predicted octanol–water partition coefficient (Wildman–Crippen LogP) is 5.67. The van der Waals surface area contributed by atoms with E-state index < -0.39 is 43.0 Å². The molecule has 1 aliphatic heterocycles. The third-order valence-electron chi connectivity index (χ3n) is 6.74. The van der Waals surface area contributed by atoms with E-state index in [2.05, 4.69) is 33.9 Å². The van der Waals surface area contributed by atoms with Crippen LogP contribution >= 0.6 is 0 Å². The van der Waals surface area contributed by atoms with Crippen LogP contribution in [0.4, 0.5) is 14.9 Å². The van der Waals surface area contributed by atoms with E-state index in [1.165, 1.54) is 18.0 Å². The molecule has 1 aliphatic rings. The number of nitro benzene ring substituents is 1. The van der Waals surface area contributed by atoms with Crippen LogP contribution in [-0.2, 0) is 27.1 Å². The first kappa shape index (κ1) is 28.5. The van der Waals surface area contributed by atoms with E-state index in [0.29, 0.717) is 6.61 Å². The Balaban J connectivity index is 1.79. The quantitative estimate of drug-likeness (QED) is 0.232. The first-order valence-electron chi connectivity index (χ1n) is 12.1. The molecule has 1 fully saturated rings. The number of nitro groups is 1. The van der Waals surface area contributed by atoms with Crippen molar-refractivity contribution in [3.63, 3.8) is 0 Å². The zero-order chi connectivity index (χ0) is 27.4. The summed E-state index contributed by atoms with van der Waals surface area (Å²) in [6.07, 6.45) is -1.69. The molecule has 9 nitrogen and oxygen atoms in total. The molecular weight excluding hydrogens is 499 g/mol. The molecule has 0 spiro atoms. The van der Waals surface area contributed by atoms with Gasteiger partial charge in [-0.15, -0.1) is 0 Å². The first-order valence-corrected chi connectivity index (χ1v) is 15.0. The molecule has 0 aromatic heterocycles. The summed E-state index contributed by atoms with van der Waals surface area (Å²) in [5.74, 6) is -1.07. The molecular formula is C26H35FN2O7Si. The summed E-state index contributed by atoms with van der Waals surface area (Å²) in [4.78, 5) is 24.5. The Morgan fingerprint density at radius 2 is 1.84 bits per heavy atom. The number of rotatable bonds is 9. The molecule has 1 amide bonds. The predicted molar refractivity (Wildman–Crippen MR) is 138 cm³/mol. The Kier molecular flexibility index (Phi) is 8.93. The second-order valence-corrected chi connectivity index (χ2v) is 15.4. The van der Waals surface area contributed by atoms with Gasteiger partial charge in [-0.1, -0.05) is 51.1 Å². The minimum Gasteiger partial charge on any atom is -0.482 e. The topological polar surface area (TPSA) is 100 Å². The molecule has 2 atom stereocenters. The Morgan fingerprint density at radius 3 is 2.46 bits per heavy atom. The fourth-order valence-electron chi connectivity index (χ4n) is 3.58. The normalized spacial score (nSPS) is 17.9. The molecule has 0 aliphatic carbocycles. The van der Waals surface area contributed by atoms with Crippen molar-refractivity contribution in [3.05, 3.63) is 69.5 Å². The number of carbonyl (C=O) groups is 1. The van der Waals surface area contributed by atoms with Gasteiger partial charge < -0.3 is 23.5 Å². The van der Waals surface area contributed by atoms with Crippen molar-refractivity contribution < 1.29 is 32.7 Å². The lowest BCUT2D eigenvalue weighted by Crippen LogP contribution is -2.48. The van der Waals surface area contributed by atoms with E-state index in [9.17, 15) is 14.9 Å². The van der Waals surface area contributed by atoms with Gasteiger partial charge in [0.1, 0.15) is 18.8 Å². The highest BCUT2D eigenvalue weighted by Gasteiger charge is 2.43. The number of benzene rings is 2. The number of halogens is 1. The SMILES string of the molecule is CN(Cc1cc([N+](=O)[O-])cc(F)c1O[C@@H]1COC[C@@H]1O[Si](C)(C)C(C)(C)C)C(=O)OCc1ccccc1. The van der Waals surface area contributed by atoms with E-state index >= 15 is 4.39 Å². The third-order valence-corrected chi connectivity index (χ3v) is 11.2. The van der Waals surface area contributed by atoms with E-state index in [-0.39, 0.29) is 36.1 Å². The van der Waals surface area contributed by atoms with Crippen LogP contribution in [0.25, 0.3) is 0 Å². The van der Waals surface area contributed by atoms with Crippen molar-refractivity contribution in [2.45, 2.75) is 64.3 Å². The standard InChI is InChI=1S/C26H35FN2O7Si/c1-26(2,3)37(5,6)36-23-17-33-16-22(23)35-24-19(12-20(29(31)32)13-21(24)27)14-28(4)25(30)34-15-18-10-8-7-9-11-18/h7-13,22-23H,14-17H2,1-6H3/t22-,23+/m1/s1. The largest absolute Gasteiger partial charge is 0.482 e. The number of amides is 1. The summed E-state index contributed by atoms with van der Waals surface area (Å²) in [5, 5.41) is 11.4. The lowest BCUT2D eigenvalue weighted by molar-refractivity contribution is -0.385. The highest BCUT2D eigenvalue weighted by atomic mass is 28.4. The number of ether oxygens (including phenoxy) is 3. The van der Waals surface area contributed by atoms with Crippen molar-refractivity contribution in [2.24, 2.45) is 0 Å². The molecule has 11 heteroatoms. The van der Waals surface area contributed by atoms with Gasteiger partial charge in [-0.05, 0) is 23.7 Å². The van der Waals surface area contributed by atoms with Crippen LogP contribution in [0.15, 0.2) is 42.5 Å². The van der Waals surface area contributed by atoms with Gasteiger partial charge in [0, 0.05) is 18.7 Å². The maximum absolute atomic E-state index is 15.2. The average molecular weight is 535 g/mol. The summed E-state index contributed by atoms with van der Waals surface area (Å²) in [6, 6.07) is 11.2. The maximum atomic E-state index is 15.2. The highest BCUT2D eigenvalue weighted by molar-refractivity contribution is 6.74. The van der Waals surface area contributed by atoms with Crippen LogP contribution in [0, 0.1) is 15.9 Å². The molecule has 0 unspecified atom stereocenters. The van der Waals surface area contributed by atoms with Crippen LogP contribution in [0.1, 0.15) is 31.9 Å². The number of hydrogen-bond acceptors (Lipinski definition) is 7. The molecule has 1 heterocycles. The zero-order valence-electron chi connectivity index (χ0n) is 22.2. The Hall–Kier alpha value is -3.02. The van der Waals surface area contributed by atoms with E-state index in [0.717, 1.165) is 11.6 Å². The highest BCUT2D eigenvalue weighted by Crippen LogP contribution is 2.39. The number of carbonyl (C=O) groups excluding carboxylic acids is 1. The summed E-state index contributed by atoms with van der Waals surface area (Å²) in [7, 11) is -0.703. The molecule has 1 saturated heterocycles. The lowest BCUT2D eigenvalue weighted by Gasteiger charge is -2.39. The second-order valence-electron chi connectivity index (χ2n) is 10.7. The van der Waals surface area contributed by atoms with E-state index in [1.54, 1.807) is 0 Å². The molecule has 37 heavy (non-hydrogen) atoms. The average Bonchev–Trinajstić information content (AvgIpc) is 3.25. The van der Waals surface area contributed by atoms with Crippen molar-refractivity contribution in [3.8, 4) is 5.75 Å². The van der Waals surface area contributed by atoms with Crippen LogP contribution in [-0.4, -0.2) is 56.7 Å². The van der Waals surface area contributed by atoms with Gasteiger partial charge in [0.05, 0.1) is 30.7 Å². The number of non-ortho nitro benzene ring substituents is 1. The van der Waals surface area contributed by atoms with Crippen LogP contribution < -0.4 is 4.74 Å². The summed E-state index contributed by atoms with van der Waals surface area (Å²) in [6.45, 7) is 10.9. The van der Waals surface area contributed by atoms with Gasteiger partial charge in [0.2, 0.25) is 0 Å². The minimum absolute atomic E-state index is 0.0489. The monoisotopic (exact) mass is 534 g/mol. The van der Waals surface area contributed by atoms with Gasteiger partial charge in [-0.2, -0.15) is 0 Å². The van der Waals surface area contributed by atoms with E-state index in [4.69, 9.17) is 18.6 Å². The minimum atomic E-state index is -2.17. The maximum Gasteiger partial charge on any atom is 0.410 e. The summed E-state index contributed by atoms with van der Waals surface area (Å²) >= 11 is 0. The Morgan fingerprint density at radius 1 is 1.19 bits per heavy atom. The smallest absolute Gasteiger partial charge is 0.410 e. The molecule has 3 rings (SSSR count). The van der Waals surface area contributed by atoms with E-state index in [1.807, 2.05) is 30.3 Å². The van der Waals surface area contributed by atoms with Gasteiger partial charge >= 0.3 is 6.09 Å². The zero-order valence-corrected chi connectivity index (χ0v) is 23.2. The Bertz CT molecular complexity index is 1110. The molecule has 0 radical (unpaired) electrons. The van der Waals surface area contributed by atoms with Crippen LogP contribution in [0.3, 0.4) is 0 Å². The van der Waals surface area contributed by atoms with Crippen LogP contribution in [0.5, 0.6) is 5.75 Å². The van der Waals surface area contributed by atoms with Gasteiger partial charge in [0.15, 0.2) is 19.9 Å². The van der Waals surface area contributed by atoms with Crippen LogP contribution in [0.2, 0.25) is 18.1 Å². The molecule has 2 aromatic carbocycles. The first-order chi connectivity index (χ1) is 17.3. The molecule has 2 aromatic rings. The third kappa shape index (κ3) is 7.27. The number of hydrogen-bond donors (Lipinski definition) is 0.